The minimum absolute atomic E-state index is 0.145. The fourth-order valence-corrected chi connectivity index (χ4v) is 2.15. The number of halogens is 1. The molecule has 2 rings (SSSR count). The number of hydrogen-bond acceptors (Lipinski definition) is 5. The lowest BCUT2D eigenvalue weighted by Gasteiger charge is -2.38. The van der Waals surface area contributed by atoms with Crippen LogP contribution in [0, 0.1) is 0 Å². The highest BCUT2D eigenvalue weighted by Gasteiger charge is 2.27. The molecule has 0 saturated carbocycles. The van der Waals surface area contributed by atoms with E-state index in [-0.39, 0.29) is 18.8 Å². The summed E-state index contributed by atoms with van der Waals surface area (Å²) in [5.74, 6) is 0.704. The van der Waals surface area contributed by atoms with Crippen LogP contribution in [0.5, 0.6) is 0 Å². The zero-order chi connectivity index (χ0) is 12.4. The second kappa shape index (κ2) is 5.16. The summed E-state index contributed by atoms with van der Waals surface area (Å²) in [6.45, 7) is 5.30. The van der Waals surface area contributed by atoms with Crippen molar-refractivity contribution in [3.8, 4) is 0 Å². The fraction of sp³-hybridized carbons (Fsp3) is 0.636. The summed E-state index contributed by atoms with van der Waals surface area (Å²) in [5, 5.41) is 9.67. The second-order valence-electron chi connectivity index (χ2n) is 4.27. The minimum Gasteiger partial charge on any atom is -0.391 e. The molecule has 5 nitrogen and oxygen atoms in total. The van der Waals surface area contributed by atoms with E-state index in [1.165, 1.54) is 6.33 Å². The first kappa shape index (κ1) is 12.5. The van der Waals surface area contributed by atoms with Gasteiger partial charge in [0.15, 0.2) is 0 Å². The van der Waals surface area contributed by atoms with Crippen molar-refractivity contribution in [2.75, 3.05) is 18.1 Å². The molecular weight excluding hydrogens is 242 g/mol. The lowest BCUT2D eigenvalue weighted by Crippen LogP contribution is -2.48. The van der Waals surface area contributed by atoms with E-state index in [0.29, 0.717) is 23.1 Å². The average Bonchev–Trinajstić information content (AvgIpc) is 2.32. The minimum atomic E-state index is -0.159. The van der Waals surface area contributed by atoms with Crippen molar-refractivity contribution in [2.24, 2.45) is 0 Å². The second-order valence-corrected chi connectivity index (χ2v) is 4.63. The van der Waals surface area contributed by atoms with Gasteiger partial charge in [0.25, 0.3) is 0 Å². The van der Waals surface area contributed by atoms with E-state index in [1.54, 1.807) is 0 Å². The van der Waals surface area contributed by atoms with Crippen molar-refractivity contribution in [3.05, 3.63) is 17.0 Å². The summed E-state index contributed by atoms with van der Waals surface area (Å²) < 4.78 is 5.56. The molecule has 94 valence electrons. The molecule has 2 unspecified atom stereocenters. The molecule has 1 saturated heterocycles. The maximum Gasteiger partial charge on any atom is 0.140 e. The third kappa shape index (κ3) is 2.51. The monoisotopic (exact) mass is 257 g/mol. The van der Waals surface area contributed by atoms with Crippen molar-refractivity contribution >= 4 is 17.4 Å². The number of nitrogens with zero attached hydrogens (tertiary/aromatic N) is 3. The Labute approximate surface area is 105 Å². The average molecular weight is 258 g/mol. The Bertz CT molecular complexity index is 402. The third-order valence-corrected chi connectivity index (χ3v) is 3.23. The van der Waals surface area contributed by atoms with E-state index in [9.17, 15) is 5.11 Å². The van der Waals surface area contributed by atoms with Gasteiger partial charge in [-0.1, -0.05) is 11.6 Å². The SMILES string of the molecule is CC1CN(c2ncnc(Cl)c2CO)C(C)CO1. The Kier molecular flexibility index (Phi) is 3.81. The molecule has 6 heteroatoms. The molecule has 2 heterocycles. The summed E-state index contributed by atoms with van der Waals surface area (Å²) in [7, 11) is 0. The van der Waals surface area contributed by atoms with Gasteiger partial charge in [-0.05, 0) is 13.8 Å². The fourth-order valence-electron chi connectivity index (χ4n) is 1.96. The molecule has 0 amide bonds. The largest absolute Gasteiger partial charge is 0.391 e. The van der Waals surface area contributed by atoms with Crippen LogP contribution in [0.4, 0.5) is 5.82 Å². The number of aliphatic hydroxyl groups is 1. The Morgan fingerprint density at radius 3 is 3.00 bits per heavy atom. The predicted octanol–water partition coefficient (Wildman–Crippen LogP) is 1.24. The van der Waals surface area contributed by atoms with Crippen LogP contribution in [-0.2, 0) is 11.3 Å². The molecule has 0 radical (unpaired) electrons. The highest BCUT2D eigenvalue weighted by molar-refractivity contribution is 6.30. The first-order valence-electron chi connectivity index (χ1n) is 5.62. The van der Waals surface area contributed by atoms with Crippen molar-refractivity contribution in [2.45, 2.75) is 32.6 Å². The van der Waals surface area contributed by atoms with Crippen LogP contribution in [-0.4, -0.2) is 40.4 Å². The number of morpholine rings is 1. The summed E-state index contributed by atoms with van der Waals surface area (Å²) in [4.78, 5) is 10.2. The van der Waals surface area contributed by atoms with E-state index < -0.39 is 0 Å². The molecule has 0 aromatic carbocycles. The Morgan fingerprint density at radius 1 is 1.53 bits per heavy atom. The Balaban J connectivity index is 2.35. The number of hydrogen-bond donors (Lipinski definition) is 1. The van der Waals surface area contributed by atoms with Gasteiger partial charge in [-0.3, -0.25) is 0 Å². The maximum absolute atomic E-state index is 9.36. The van der Waals surface area contributed by atoms with Gasteiger partial charge in [-0.2, -0.15) is 0 Å². The van der Waals surface area contributed by atoms with Gasteiger partial charge < -0.3 is 14.7 Å². The van der Waals surface area contributed by atoms with E-state index in [4.69, 9.17) is 16.3 Å². The lowest BCUT2D eigenvalue weighted by atomic mass is 10.2. The van der Waals surface area contributed by atoms with Gasteiger partial charge in [-0.25, -0.2) is 9.97 Å². The van der Waals surface area contributed by atoms with Gasteiger partial charge in [0.2, 0.25) is 0 Å². The zero-order valence-electron chi connectivity index (χ0n) is 9.93. The molecular formula is C11H16ClN3O2. The first-order chi connectivity index (χ1) is 8.13. The highest BCUT2D eigenvalue weighted by atomic mass is 35.5. The third-order valence-electron chi connectivity index (χ3n) is 2.91. The van der Waals surface area contributed by atoms with Crippen molar-refractivity contribution in [1.29, 1.82) is 0 Å². The Hall–Kier alpha value is -0.910. The number of ether oxygens (including phenoxy) is 1. The first-order valence-corrected chi connectivity index (χ1v) is 5.99. The predicted molar refractivity (Wildman–Crippen MR) is 65.2 cm³/mol. The van der Waals surface area contributed by atoms with Gasteiger partial charge in [0.1, 0.15) is 17.3 Å². The standard InChI is InChI=1S/C11H16ClN3O2/c1-7-5-17-8(2)3-15(7)11-9(4-16)10(12)13-6-14-11/h6-8,16H,3-5H2,1-2H3. The molecule has 1 aromatic rings. The number of rotatable bonds is 2. The van der Waals surface area contributed by atoms with Crippen LogP contribution in [0.25, 0.3) is 0 Å². The smallest absolute Gasteiger partial charge is 0.140 e. The molecule has 1 aliphatic heterocycles. The number of aromatic nitrogens is 2. The van der Waals surface area contributed by atoms with E-state index in [0.717, 1.165) is 6.54 Å². The molecule has 0 aliphatic carbocycles. The van der Waals surface area contributed by atoms with E-state index in [2.05, 4.69) is 21.8 Å². The van der Waals surface area contributed by atoms with Gasteiger partial charge in [0.05, 0.1) is 30.9 Å². The summed E-state index contributed by atoms with van der Waals surface area (Å²) >= 11 is 5.96. The zero-order valence-corrected chi connectivity index (χ0v) is 10.7. The van der Waals surface area contributed by atoms with Crippen LogP contribution in [0.1, 0.15) is 19.4 Å². The maximum atomic E-state index is 9.36. The summed E-state index contributed by atoms with van der Waals surface area (Å²) in [6.07, 6.45) is 1.57. The van der Waals surface area contributed by atoms with Gasteiger partial charge in [0, 0.05) is 6.54 Å². The lowest BCUT2D eigenvalue weighted by molar-refractivity contribution is 0.0338. The van der Waals surface area contributed by atoms with Crippen LogP contribution in [0.15, 0.2) is 6.33 Å². The van der Waals surface area contributed by atoms with Crippen LogP contribution in [0.2, 0.25) is 5.15 Å². The van der Waals surface area contributed by atoms with Crippen LogP contribution < -0.4 is 4.90 Å². The van der Waals surface area contributed by atoms with Crippen molar-refractivity contribution in [3.63, 3.8) is 0 Å². The van der Waals surface area contributed by atoms with E-state index in [1.807, 2.05) is 6.92 Å². The molecule has 0 bridgehead atoms. The van der Waals surface area contributed by atoms with Crippen LogP contribution >= 0.6 is 11.6 Å². The van der Waals surface area contributed by atoms with Crippen molar-refractivity contribution < 1.29 is 9.84 Å². The molecule has 0 spiro atoms. The number of aliphatic hydroxyl groups excluding tert-OH is 1. The molecule has 1 fully saturated rings. The van der Waals surface area contributed by atoms with Crippen LogP contribution in [0.3, 0.4) is 0 Å². The molecule has 1 N–H and O–H groups in total. The van der Waals surface area contributed by atoms with Crippen molar-refractivity contribution in [1.82, 2.24) is 9.97 Å². The molecule has 1 aromatic heterocycles. The van der Waals surface area contributed by atoms with E-state index >= 15 is 0 Å². The summed E-state index contributed by atoms with van der Waals surface area (Å²) in [5.41, 5.74) is 0.579. The van der Waals surface area contributed by atoms with Gasteiger partial charge >= 0.3 is 0 Å². The topological polar surface area (TPSA) is 58.5 Å². The molecule has 1 aliphatic rings. The summed E-state index contributed by atoms with van der Waals surface area (Å²) in [6, 6.07) is 0.211. The normalized spacial score (nSPS) is 25.1. The quantitative estimate of drug-likeness (QED) is 0.808. The number of anilines is 1. The molecule has 2 atom stereocenters. The highest BCUT2D eigenvalue weighted by Crippen LogP contribution is 2.27. The Morgan fingerprint density at radius 2 is 2.29 bits per heavy atom. The molecule has 17 heavy (non-hydrogen) atoms. The van der Waals surface area contributed by atoms with Gasteiger partial charge in [-0.15, -0.1) is 0 Å².